The van der Waals surface area contributed by atoms with Crippen molar-refractivity contribution in [3.63, 3.8) is 0 Å². The molecule has 0 aromatic heterocycles. The lowest BCUT2D eigenvalue weighted by Crippen LogP contribution is -2.33. The smallest absolute Gasteiger partial charge is 0.335 e. The summed E-state index contributed by atoms with van der Waals surface area (Å²) in [5, 5.41) is 9.40. The predicted molar refractivity (Wildman–Crippen MR) is 61.8 cm³/mol. The Hall–Kier alpha value is -0.610. The average Bonchev–Trinajstić information content (AvgIpc) is 2.21. The monoisotopic (exact) mass is 229 g/mol. The molecule has 1 atom stereocenters. The lowest BCUT2D eigenvalue weighted by atomic mass is 9.76. The number of ether oxygens (including phenoxy) is 1. The van der Waals surface area contributed by atoms with E-state index in [2.05, 4.69) is 13.8 Å². The van der Waals surface area contributed by atoms with Gasteiger partial charge in [0.25, 0.3) is 0 Å². The molecule has 1 aliphatic carbocycles. The van der Waals surface area contributed by atoms with Gasteiger partial charge in [-0.25, -0.2) is 4.79 Å². The minimum Gasteiger partial charge on any atom is -0.460 e. The highest BCUT2D eigenvalue weighted by Crippen LogP contribution is 2.36. The Labute approximate surface area is 97.2 Å². The topological polar surface area (TPSA) is 72.5 Å². The first-order valence-electron chi connectivity index (χ1n) is 6.03. The van der Waals surface area contributed by atoms with Crippen LogP contribution in [-0.4, -0.2) is 29.8 Å². The van der Waals surface area contributed by atoms with E-state index in [1.165, 1.54) is 0 Å². The molecule has 0 heterocycles. The second-order valence-electron chi connectivity index (χ2n) is 5.39. The van der Waals surface area contributed by atoms with Crippen LogP contribution >= 0.6 is 0 Å². The second kappa shape index (κ2) is 5.64. The lowest BCUT2D eigenvalue weighted by Gasteiger charge is -2.34. The van der Waals surface area contributed by atoms with Crippen LogP contribution in [0, 0.1) is 5.41 Å². The zero-order valence-corrected chi connectivity index (χ0v) is 10.2. The highest BCUT2D eigenvalue weighted by molar-refractivity contribution is 5.74. The zero-order chi connectivity index (χ0) is 12.2. The highest BCUT2D eigenvalue weighted by Gasteiger charge is 2.29. The second-order valence-corrected chi connectivity index (χ2v) is 5.39. The van der Waals surface area contributed by atoms with E-state index in [0.29, 0.717) is 12.0 Å². The maximum atomic E-state index is 11.4. The van der Waals surface area contributed by atoms with Crippen LogP contribution in [0.1, 0.15) is 46.0 Å². The van der Waals surface area contributed by atoms with E-state index in [4.69, 9.17) is 10.5 Å². The Kier molecular flexibility index (Phi) is 4.74. The normalized spacial score (nSPS) is 22.8. The van der Waals surface area contributed by atoms with Gasteiger partial charge in [0.2, 0.25) is 0 Å². The average molecular weight is 229 g/mol. The molecule has 0 spiro atoms. The van der Waals surface area contributed by atoms with Crippen molar-refractivity contribution >= 4 is 5.97 Å². The van der Waals surface area contributed by atoms with Crippen LogP contribution in [-0.2, 0) is 9.53 Å². The molecule has 94 valence electrons. The summed E-state index contributed by atoms with van der Waals surface area (Å²) in [5.41, 5.74) is 5.63. The van der Waals surface area contributed by atoms with Crippen LogP contribution in [0.5, 0.6) is 0 Å². The molecular weight excluding hydrogens is 206 g/mol. The molecule has 0 saturated heterocycles. The van der Waals surface area contributed by atoms with Crippen molar-refractivity contribution in [2.24, 2.45) is 11.1 Å². The fourth-order valence-corrected chi connectivity index (χ4v) is 2.01. The minimum atomic E-state index is -1.06. The molecule has 1 saturated carbocycles. The van der Waals surface area contributed by atoms with Crippen molar-refractivity contribution in [3.05, 3.63) is 0 Å². The number of rotatable bonds is 4. The Morgan fingerprint density at radius 2 is 2.06 bits per heavy atom. The highest BCUT2D eigenvalue weighted by atomic mass is 16.6. The molecule has 0 aromatic rings. The van der Waals surface area contributed by atoms with Gasteiger partial charge in [-0.3, -0.25) is 0 Å². The van der Waals surface area contributed by atoms with E-state index < -0.39 is 12.1 Å². The Balaban J connectivity index is 2.31. The molecular formula is C12H23NO3. The van der Waals surface area contributed by atoms with Crippen molar-refractivity contribution in [2.75, 3.05) is 6.54 Å². The van der Waals surface area contributed by atoms with Crippen molar-refractivity contribution in [3.8, 4) is 0 Å². The van der Waals surface area contributed by atoms with Gasteiger partial charge < -0.3 is 15.6 Å². The number of hydrogen-bond donors (Lipinski definition) is 2. The molecule has 0 amide bonds. The van der Waals surface area contributed by atoms with Crippen molar-refractivity contribution in [2.45, 2.75) is 58.2 Å². The molecule has 16 heavy (non-hydrogen) atoms. The van der Waals surface area contributed by atoms with Crippen LogP contribution in [0.25, 0.3) is 0 Å². The maximum Gasteiger partial charge on any atom is 0.335 e. The minimum absolute atomic E-state index is 0.0204. The van der Waals surface area contributed by atoms with Gasteiger partial charge in [-0.05, 0) is 44.1 Å². The molecule has 0 radical (unpaired) electrons. The van der Waals surface area contributed by atoms with E-state index in [1.54, 1.807) is 0 Å². The first-order chi connectivity index (χ1) is 7.44. The van der Waals surface area contributed by atoms with E-state index >= 15 is 0 Å². The van der Waals surface area contributed by atoms with Gasteiger partial charge in [0.15, 0.2) is 6.10 Å². The summed E-state index contributed by atoms with van der Waals surface area (Å²) in [6.45, 7) is 4.76. The van der Waals surface area contributed by atoms with Crippen molar-refractivity contribution < 1.29 is 14.6 Å². The van der Waals surface area contributed by atoms with Crippen molar-refractivity contribution in [1.29, 1.82) is 0 Å². The largest absolute Gasteiger partial charge is 0.460 e. The Bertz CT molecular complexity index is 230. The molecule has 3 N–H and O–H groups in total. The molecule has 1 fully saturated rings. The van der Waals surface area contributed by atoms with Gasteiger partial charge >= 0.3 is 5.97 Å². The summed E-state index contributed by atoms with van der Waals surface area (Å²) in [5.74, 6) is -0.518. The number of aliphatic hydroxyl groups excluding tert-OH is 1. The number of esters is 1. The third kappa shape index (κ3) is 4.10. The maximum absolute atomic E-state index is 11.4. The summed E-state index contributed by atoms with van der Waals surface area (Å²) in [7, 11) is 0. The van der Waals surface area contributed by atoms with Gasteiger partial charge in [-0.15, -0.1) is 0 Å². The van der Waals surface area contributed by atoms with Gasteiger partial charge in [-0.1, -0.05) is 13.8 Å². The third-order valence-corrected chi connectivity index (χ3v) is 3.28. The molecule has 0 aromatic carbocycles. The fraction of sp³-hybridized carbons (Fsp3) is 0.917. The van der Waals surface area contributed by atoms with Crippen LogP contribution in [0.4, 0.5) is 0 Å². The molecule has 4 nitrogen and oxygen atoms in total. The number of carbonyl (C=O) groups excluding carboxylic acids is 1. The number of nitrogens with two attached hydrogens (primary N) is 1. The van der Waals surface area contributed by atoms with Crippen molar-refractivity contribution in [1.82, 2.24) is 0 Å². The number of aliphatic hydroxyl groups is 1. The Morgan fingerprint density at radius 3 is 2.56 bits per heavy atom. The van der Waals surface area contributed by atoms with E-state index in [-0.39, 0.29) is 12.5 Å². The SMILES string of the molecule is CC1(C)CCC(OC(=O)C(O)CCN)CC1. The molecule has 4 heteroatoms. The quantitative estimate of drug-likeness (QED) is 0.711. The molecule has 1 aliphatic rings. The molecule has 1 rings (SSSR count). The van der Waals surface area contributed by atoms with Gasteiger partial charge in [0.05, 0.1) is 0 Å². The predicted octanol–water partition coefficient (Wildman–Crippen LogP) is 1.21. The molecule has 1 unspecified atom stereocenters. The van der Waals surface area contributed by atoms with E-state index in [0.717, 1.165) is 25.7 Å². The lowest BCUT2D eigenvalue weighted by molar-refractivity contribution is -0.161. The van der Waals surface area contributed by atoms with Gasteiger partial charge in [-0.2, -0.15) is 0 Å². The van der Waals surface area contributed by atoms with Gasteiger partial charge in [0, 0.05) is 0 Å². The standard InChI is InChI=1S/C12H23NO3/c1-12(2)6-3-9(4-7-12)16-11(15)10(14)5-8-13/h9-10,14H,3-8,13H2,1-2H3. The number of hydrogen-bond acceptors (Lipinski definition) is 4. The summed E-state index contributed by atoms with van der Waals surface area (Å²) >= 11 is 0. The summed E-state index contributed by atoms with van der Waals surface area (Å²) in [4.78, 5) is 11.4. The Morgan fingerprint density at radius 1 is 1.50 bits per heavy atom. The molecule has 0 bridgehead atoms. The van der Waals surface area contributed by atoms with Crippen LogP contribution in [0.3, 0.4) is 0 Å². The first-order valence-corrected chi connectivity index (χ1v) is 6.03. The van der Waals surface area contributed by atoms with Gasteiger partial charge in [0.1, 0.15) is 6.10 Å². The summed E-state index contributed by atoms with van der Waals surface area (Å²) in [6, 6.07) is 0. The van der Waals surface area contributed by atoms with E-state index in [1.807, 2.05) is 0 Å². The summed E-state index contributed by atoms with van der Waals surface area (Å²) in [6.07, 6.45) is 3.13. The van der Waals surface area contributed by atoms with Crippen LogP contribution in [0.2, 0.25) is 0 Å². The molecule has 0 aliphatic heterocycles. The number of carbonyl (C=O) groups is 1. The third-order valence-electron chi connectivity index (χ3n) is 3.28. The first kappa shape index (κ1) is 13.5. The van der Waals surface area contributed by atoms with Crippen LogP contribution < -0.4 is 5.73 Å². The zero-order valence-electron chi connectivity index (χ0n) is 10.2. The summed E-state index contributed by atoms with van der Waals surface area (Å²) < 4.78 is 5.25. The fourth-order valence-electron chi connectivity index (χ4n) is 2.01. The van der Waals surface area contributed by atoms with E-state index in [9.17, 15) is 9.90 Å². The van der Waals surface area contributed by atoms with Crippen LogP contribution in [0.15, 0.2) is 0 Å².